The van der Waals surface area contributed by atoms with Crippen molar-refractivity contribution in [3.8, 4) is 0 Å². The van der Waals surface area contributed by atoms with Crippen LogP contribution >= 0.6 is 22.2 Å². The van der Waals surface area contributed by atoms with Crippen molar-refractivity contribution >= 4 is 34.8 Å². The first kappa shape index (κ1) is 15.1. The number of halogens is 2. The predicted molar refractivity (Wildman–Crippen MR) is 82.0 cm³/mol. The molecule has 0 aliphatic heterocycles. The maximum absolute atomic E-state index is 6.09. The van der Waals surface area contributed by atoms with Crippen LogP contribution in [0.2, 0.25) is 0 Å². The molecule has 17 heavy (non-hydrogen) atoms. The monoisotopic (exact) mass is 288 g/mol. The van der Waals surface area contributed by atoms with Crippen LogP contribution in [0.1, 0.15) is 51.0 Å². The Kier molecular flexibility index (Phi) is 7.99. The quantitative estimate of drug-likeness (QED) is 0.375. The summed E-state index contributed by atoms with van der Waals surface area (Å²) >= 11 is 12.2. The fourth-order valence-corrected chi connectivity index (χ4v) is 4.13. The van der Waals surface area contributed by atoms with Gasteiger partial charge in [0.15, 0.2) is 0 Å². The van der Waals surface area contributed by atoms with E-state index in [0.29, 0.717) is 0 Å². The summed E-state index contributed by atoms with van der Waals surface area (Å²) in [5, 5.41) is 1.21. The van der Waals surface area contributed by atoms with Crippen LogP contribution in [0, 0.1) is 0 Å². The van der Waals surface area contributed by atoms with Crippen molar-refractivity contribution in [2.24, 2.45) is 0 Å². The van der Waals surface area contributed by atoms with Crippen LogP contribution in [0.3, 0.4) is 0 Å². The molecule has 1 aromatic carbocycles. The Morgan fingerprint density at radius 1 is 0.941 bits per heavy atom. The molecule has 0 bridgehead atoms. The van der Waals surface area contributed by atoms with Gasteiger partial charge < -0.3 is 0 Å². The second-order valence-corrected chi connectivity index (χ2v) is 9.03. The van der Waals surface area contributed by atoms with Gasteiger partial charge in [0.2, 0.25) is 0 Å². The molecule has 0 N–H and O–H groups in total. The third-order valence-electron chi connectivity index (χ3n) is 3.09. The van der Waals surface area contributed by atoms with E-state index in [1.54, 1.807) is 0 Å². The molecule has 0 aliphatic carbocycles. The molecule has 0 radical (unpaired) electrons. The summed E-state index contributed by atoms with van der Waals surface area (Å²) in [6, 6.07) is 8.38. The molecule has 0 nitrogen and oxygen atoms in total. The number of benzene rings is 1. The van der Waals surface area contributed by atoms with Gasteiger partial charge in [0, 0.05) is 0 Å². The van der Waals surface area contributed by atoms with Gasteiger partial charge >= 0.3 is 0 Å². The highest BCUT2D eigenvalue weighted by Gasteiger charge is 2.10. The maximum Gasteiger partial charge on any atom is 0.266 e. The van der Waals surface area contributed by atoms with Gasteiger partial charge in [-0.05, 0) is 23.6 Å². The summed E-state index contributed by atoms with van der Waals surface area (Å²) in [4.78, 5) is 0. The lowest BCUT2D eigenvalue weighted by Gasteiger charge is -2.08. The van der Waals surface area contributed by atoms with E-state index in [0.717, 1.165) is 6.42 Å². The maximum atomic E-state index is 6.09. The van der Waals surface area contributed by atoms with Gasteiger partial charge in [0.1, 0.15) is 0 Å². The van der Waals surface area contributed by atoms with E-state index < -0.39 is 7.42 Å². The first-order chi connectivity index (χ1) is 8.25. The van der Waals surface area contributed by atoms with Crippen molar-refractivity contribution in [3.63, 3.8) is 0 Å². The Labute approximate surface area is 116 Å². The fourth-order valence-electron chi connectivity index (χ4n) is 2.07. The number of unbranched alkanes of at least 4 members (excludes halogenated alkanes) is 5. The van der Waals surface area contributed by atoms with Crippen molar-refractivity contribution in [2.75, 3.05) is 0 Å². The van der Waals surface area contributed by atoms with Gasteiger partial charge in [-0.25, -0.2) is 0 Å². The minimum absolute atomic E-state index is 1.13. The first-order valence-electron chi connectivity index (χ1n) is 6.61. The topological polar surface area (TPSA) is 0 Å². The lowest BCUT2D eigenvalue weighted by molar-refractivity contribution is 0.608. The highest BCUT2D eigenvalue weighted by molar-refractivity contribution is 7.39. The molecule has 0 unspecified atom stereocenters. The minimum atomic E-state index is -1.69. The molecule has 1 rings (SSSR count). The Bertz CT molecular complexity index is 313. The highest BCUT2D eigenvalue weighted by Crippen LogP contribution is 2.10. The Morgan fingerprint density at radius 2 is 1.59 bits per heavy atom. The second-order valence-electron chi connectivity index (χ2n) is 4.52. The van der Waals surface area contributed by atoms with E-state index in [9.17, 15) is 0 Å². The molecule has 0 atom stereocenters. The zero-order valence-corrected chi connectivity index (χ0v) is 13.3. The lowest BCUT2D eigenvalue weighted by atomic mass is 10.1. The summed E-state index contributed by atoms with van der Waals surface area (Å²) in [5.74, 6) is 0. The van der Waals surface area contributed by atoms with Gasteiger partial charge in [-0.15, -0.1) is 22.2 Å². The van der Waals surface area contributed by atoms with Crippen LogP contribution in [-0.4, -0.2) is 7.42 Å². The van der Waals surface area contributed by atoms with E-state index in [-0.39, 0.29) is 0 Å². The number of rotatable bonds is 8. The van der Waals surface area contributed by atoms with E-state index in [2.05, 4.69) is 25.1 Å². The van der Waals surface area contributed by atoms with E-state index >= 15 is 0 Å². The van der Waals surface area contributed by atoms with Crippen LogP contribution in [-0.2, 0) is 6.42 Å². The molecule has 1 aromatic rings. The number of hydrogen-bond donors (Lipinski definition) is 0. The molecule has 0 spiro atoms. The highest BCUT2D eigenvalue weighted by atomic mass is 35.7. The lowest BCUT2D eigenvalue weighted by Crippen LogP contribution is -2.22. The average Bonchev–Trinajstić information content (AvgIpc) is 2.34. The zero-order chi connectivity index (χ0) is 12.5. The largest absolute Gasteiger partial charge is 0.266 e. The number of hydrogen-bond acceptors (Lipinski definition) is 0. The average molecular weight is 289 g/mol. The van der Waals surface area contributed by atoms with E-state index in [1.807, 2.05) is 6.07 Å². The van der Waals surface area contributed by atoms with Crippen molar-refractivity contribution in [3.05, 3.63) is 29.8 Å². The van der Waals surface area contributed by atoms with Gasteiger partial charge in [0.25, 0.3) is 7.42 Å². The van der Waals surface area contributed by atoms with Crippen LogP contribution in [0.4, 0.5) is 0 Å². The molecule has 0 amide bonds. The number of aryl methyl sites for hydroxylation is 1. The van der Waals surface area contributed by atoms with Crippen molar-refractivity contribution in [1.29, 1.82) is 0 Å². The Morgan fingerprint density at radius 3 is 2.29 bits per heavy atom. The van der Waals surface area contributed by atoms with Gasteiger partial charge in [-0.1, -0.05) is 63.3 Å². The van der Waals surface area contributed by atoms with Crippen LogP contribution in [0.15, 0.2) is 24.3 Å². The SMILES string of the molecule is CCCCCCCCc1ccccc1[SiH](Cl)Cl. The molecular weight excluding hydrogens is 267 g/mol. The summed E-state index contributed by atoms with van der Waals surface area (Å²) < 4.78 is 0. The van der Waals surface area contributed by atoms with Crippen molar-refractivity contribution in [1.82, 2.24) is 0 Å². The predicted octanol–water partition coefficient (Wildman–Crippen LogP) is 4.49. The molecule has 0 saturated carbocycles. The molecule has 0 aromatic heterocycles. The summed E-state index contributed by atoms with van der Waals surface area (Å²) in [7, 11) is -1.69. The Hall–Kier alpha value is 0.0169. The zero-order valence-electron chi connectivity index (χ0n) is 10.6. The first-order valence-corrected chi connectivity index (χ1v) is 10.7. The Balaban J connectivity index is 2.31. The van der Waals surface area contributed by atoms with Crippen LogP contribution in [0.5, 0.6) is 0 Å². The molecule has 96 valence electrons. The standard InChI is InChI=1S/C14H22Cl2Si/c1-2-3-4-5-6-7-10-13-11-8-9-12-14(13)17(15)16/h8-9,11-12,17H,2-7,10H2,1H3. The molecule has 0 aliphatic rings. The van der Waals surface area contributed by atoms with Crippen molar-refractivity contribution in [2.45, 2.75) is 51.9 Å². The van der Waals surface area contributed by atoms with Gasteiger partial charge in [-0.2, -0.15) is 0 Å². The molecule has 0 saturated heterocycles. The second kappa shape index (κ2) is 9.01. The van der Waals surface area contributed by atoms with Crippen molar-refractivity contribution < 1.29 is 0 Å². The third-order valence-corrected chi connectivity index (χ3v) is 5.53. The molecule has 0 fully saturated rings. The third kappa shape index (κ3) is 5.94. The smallest absolute Gasteiger partial charge is 0.144 e. The molecule has 0 heterocycles. The summed E-state index contributed by atoms with van der Waals surface area (Å²) in [5.41, 5.74) is 1.37. The van der Waals surface area contributed by atoms with Gasteiger partial charge in [0.05, 0.1) is 0 Å². The molecule has 3 heteroatoms. The van der Waals surface area contributed by atoms with E-state index in [4.69, 9.17) is 22.2 Å². The minimum Gasteiger partial charge on any atom is -0.144 e. The normalized spacial score (nSPS) is 11.1. The molecular formula is C14H22Cl2Si. The van der Waals surface area contributed by atoms with Crippen LogP contribution in [0.25, 0.3) is 0 Å². The van der Waals surface area contributed by atoms with E-state index in [1.165, 1.54) is 49.3 Å². The summed E-state index contributed by atoms with van der Waals surface area (Å²) in [6.07, 6.45) is 9.13. The summed E-state index contributed by atoms with van der Waals surface area (Å²) in [6.45, 7) is 2.25. The fraction of sp³-hybridized carbons (Fsp3) is 0.571. The van der Waals surface area contributed by atoms with Gasteiger partial charge in [-0.3, -0.25) is 0 Å². The van der Waals surface area contributed by atoms with Crippen LogP contribution < -0.4 is 5.19 Å².